The van der Waals surface area contributed by atoms with E-state index in [4.69, 9.17) is 9.84 Å². The molecule has 0 aliphatic carbocycles. The minimum atomic E-state index is -1.03. The Kier molecular flexibility index (Phi) is 3.77. The van der Waals surface area contributed by atoms with Gasteiger partial charge in [-0.2, -0.15) is 0 Å². The fourth-order valence-electron chi connectivity index (χ4n) is 1.76. The third-order valence-electron chi connectivity index (χ3n) is 2.74. The first kappa shape index (κ1) is 12.4. The van der Waals surface area contributed by atoms with Crippen LogP contribution < -0.4 is 10.1 Å². The summed E-state index contributed by atoms with van der Waals surface area (Å²) in [7, 11) is 1.60. The zero-order valence-electron chi connectivity index (χ0n) is 10.0. The number of amides is 1. The number of methoxy groups -OCH3 is 1. The predicted octanol–water partition coefficient (Wildman–Crippen LogP) is 2.39. The van der Waals surface area contributed by atoms with Crippen LogP contribution in [0, 0.1) is 20.8 Å². The van der Waals surface area contributed by atoms with E-state index in [-0.39, 0.29) is 6.54 Å². The SMILES string of the molecule is COc1c(C)c(C)cc(C)c1CNC(=O)O. The Labute approximate surface area is 95.2 Å². The van der Waals surface area contributed by atoms with Crippen molar-refractivity contribution in [2.45, 2.75) is 27.3 Å². The second-order valence-corrected chi connectivity index (χ2v) is 3.81. The number of hydrogen-bond donors (Lipinski definition) is 2. The maximum absolute atomic E-state index is 10.5. The summed E-state index contributed by atoms with van der Waals surface area (Å²) < 4.78 is 5.34. The molecule has 88 valence electrons. The largest absolute Gasteiger partial charge is 0.496 e. The quantitative estimate of drug-likeness (QED) is 0.827. The van der Waals surface area contributed by atoms with Crippen molar-refractivity contribution in [3.05, 3.63) is 28.3 Å². The summed E-state index contributed by atoms with van der Waals surface area (Å²) in [5.74, 6) is 0.770. The molecule has 1 aromatic carbocycles. The van der Waals surface area contributed by atoms with Gasteiger partial charge in [0.2, 0.25) is 0 Å². The van der Waals surface area contributed by atoms with E-state index < -0.39 is 6.09 Å². The second-order valence-electron chi connectivity index (χ2n) is 3.81. The fourth-order valence-corrected chi connectivity index (χ4v) is 1.76. The van der Waals surface area contributed by atoms with Crippen molar-refractivity contribution in [1.82, 2.24) is 5.32 Å². The summed E-state index contributed by atoms with van der Waals surface area (Å²) in [4.78, 5) is 10.5. The molecular formula is C12H17NO3. The van der Waals surface area contributed by atoms with Crippen molar-refractivity contribution in [3.63, 3.8) is 0 Å². The summed E-state index contributed by atoms with van der Waals surface area (Å²) >= 11 is 0. The zero-order chi connectivity index (χ0) is 12.3. The molecule has 1 aromatic rings. The third-order valence-corrected chi connectivity index (χ3v) is 2.74. The number of benzene rings is 1. The third kappa shape index (κ3) is 2.45. The van der Waals surface area contributed by atoms with Gasteiger partial charge in [-0.05, 0) is 37.5 Å². The van der Waals surface area contributed by atoms with Gasteiger partial charge in [-0.25, -0.2) is 4.79 Å². The maximum atomic E-state index is 10.5. The Morgan fingerprint density at radius 1 is 1.38 bits per heavy atom. The fraction of sp³-hybridized carbons (Fsp3) is 0.417. The lowest BCUT2D eigenvalue weighted by molar-refractivity contribution is 0.194. The van der Waals surface area contributed by atoms with Gasteiger partial charge in [0.1, 0.15) is 5.75 Å². The topological polar surface area (TPSA) is 58.6 Å². The molecule has 1 amide bonds. The van der Waals surface area contributed by atoms with Crippen LogP contribution >= 0.6 is 0 Å². The molecule has 0 aromatic heterocycles. The normalized spacial score (nSPS) is 10.0. The van der Waals surface area contributed by atoms with Crippen molar-refractivity contribution >= 4 is 6.09 Å². The van der Waals surface area contributed by atoms with Gasteiger partial charge in [-0.15, -0.1) is 0 Å². The maximum Gasteiger partial charge on any atom is 0.404 e. The summed E-state index contributed by atoms with van der Waals surface area (Å²) in [5, 5.41) is 11.0. The van der Waals surface area contributed by atoms with Crippen LogP contribution in [0.25, 0.3) is 0 Å². The van der Waals surface area contributed by atoms with Crippen LogP contribution in [0.2, 0.25) is 0 Å². The van der Waals surface area contributed by atoms with Gasteiger partial charge in [-0.3, -0.25) is 0 Å². The van der Waals surface area contributed by atoms with Crippen molar-refractivity contribution in [1.29, 1.82) is 0 Å². The lowest BCUT2D eigenvalue weighted by Crippen LogP contribution is -2.21. The van der Waals surface area contributed by atoms with Crippen LogP contribution in [-0.2, 0) is 6.54 Å². The first-order chi connectivity index (χ1) is 7.47. The number of rotatable bonds is 3. The molecule has 0 radical (unpaired) electrons. The minimum Gasteiger partial charge on any atom is -0.496 e. The van der Waals surface area contributed by atoms with Gasteiger partial charge in [0.15, 0.2) is 0 Å². The molecule has 0 atom stereocenters. The number of hydrogen-bond acceptors (Lipinski definition) is 2. The van der Waals surface area contributed by atoms with E-state index in [1.165, 1.54) is 0 Å². The van der Waals surface area contributed by atoms with Crippen molar-refractivity contribution in [3.8, 4) is 5.75 Å². The van der Waals surface area contributed by atoms with Crippen LogP contribution in [0.15, 0.2) is 6.07 Å². The Hall–Kier alpha value is -1.71. The lowest BCUT2D eigenvalue weighted by atomic mass is 9.99. The van der Waals surface area contributed by atoms with Crippen molar-refractivity contribution in [2.24, 2.45) is 0 Å². The Morgan fingerprint density at radius 3 is 2.50 bits per heavy atom. The second kappa shape index (κ2) is 4.88. The van der Waals surface area contributed by atoms with Gasteiger partial charge in [0.25, 0.3) is 0 Å². The molecule has 0 bridgehead atoms. The van der Waals surface area contributed by atoms with Gasteiger partial charge < -0.3 is 15.2 Å². The summed E-state index contributed by atoms with van der Waals surface area (Å²) in [5.41, 5.74) is 4.13. The van der Waals surface area contributed by atoms with Gasteiger partial charge in [-0.1, -0.05) is 6.07 Å². The standard InChI is InChI=1S/C12H17NO3/c1-7-5-8(2)10(6-13-12(14)15)11(16-4)9(7)3/h5,13H,6H2,1-4H3,(H,14,15). The van der Waals surface area contributed by atoms with Gasteiger partial charge >= 0.3 is 6.09 Å². The number of aryl methyl sites for hydroxylation is 2. The Balaban J connectivity index is 3.15. The highest BCUT2D eigenvalue weighted by Gasteiger charge is 2.12. The molecule has 0 fully saturated rings. The molecule has 16 heavy (non-hydrogen) atoms. The molecule has 4 heteroatoms. The molecule has 0 spiro atoms. The molecule has 0 aliphatic rings. The van der Waals surface area contributed by atoms with Gasteiger partial charge in [0.05, 0.1) is 13.7 Å². The highest BCUT2D eigenvalue weighted by Crippen LogP contribution is 2.29. The molecule has 0 heterocycles. The molecule has 0 unspecified atom stereocenters. The smallest absolute Gasteiger partial charge is 0.404 e. The van der Waals surface area contributed by atoms with E-state index in [1.807, 2.05) is 26.8 Å². The summed E-state index contributed by atoms with van der Waals surface area (Å²) in [6, 6.07) is 2.04. The van der Waals surface area contributed by atoms with Crippen LogP contribution in [0.5, 0.6) is 5.75 Å². The number of carbonyl (C=O) groups is 1. The number of carboxylic acid groups (broad SMARTS) is 1. The first-order valence-corrected chi connectivity index (χ1v) is 5.07. The zero-order valence-corrected chi connectivity index (χ0v) is 10.0. The minimum absolute atomic E-state index is 0.269. The average molecular weight is 223 g/mol. The van der Waals surface area contributed by atoms with Crippen LogP contribution in [0.3, 0.4) is 0 Å². The van der Waals surface area contributed by atoms with Crippen LogP contribution in [0.1, 0.15) is 22.3 Å². The average Bonchev–Trinajstić information content (AvgIpc) is 2.21. The Morgan fingerprint density at radius 2 is 2.00 bits per heavy atom. The van der Waals surface area contributed by atoms with Crippen LogP contribution in [0.4, 0.5) is 4.79 Å². The monoisotopic (exact) mass is 223 g/mol. The molecular weight excluding hydrogens is 206 g/mol. The van der Waals surface area contributed by atoms with E-state index >= 15 is 0 Å². The highest BCUT2D eigenvalue weighted by atomic mass is 16.5. The first-order valence-electron chi connectivity index (χ1n) is 5.07. The molecule has 4 nitrogen and oxygen atoms in total. The highest BCUT2D eigenvalue weighted by molar-refractivity contribution is 5.65. The van der Waals surface area contributed by atoms with Gasteiger partial charge in [0, 0.05) is 5.56 Å². The summed E-state index contributed by atoms with van der Waals surface area (Å²) in [6.45, 7) is 6.20. The molecule has 0 saturated carbocycles. The molecule has 2 N–H and O–H groups in total. The summed E-state index contributed by atoms with van der Waals surface area (Å²) in [6.07, 6.45) is -1.03. The molecule has 1 rings (SSSR count). The predicted molar refractivity (Wildman–Crippen MR) is 62.1 cm³/mol. The van der Waals surface area contributed by atoms with Crippen LogP contribution in [-0.4, -0.2) is 18.3 Å². The van der Waals surface area contributed by atoms with E-state index in [2.05, 4.69) is 5.32 Å². The van der Waals surface area contributed by atoms with E-state index in [0.717, 1.165) is 28.0 Å². The van der Waals surface area contributed by atoms with E-state index in [9.17, 15) is 4.79 Å². The lowest BCUT2D eigenvalue weighted by Gasteiger charge is -2.16. The molecule has 0 saturated heterocycles. The number of nitrogens with one attached hydrogen (secondary N) is 1. The molecule has 0 aliphatic heterocycles. The number of ether oxygens (including phenoxy) is 1. The van der Waals surface area contributed by atoms with Crippen molar-refractivity contribution < 1.29 is 14.6 Å². The Bertz CT molecular complexity index is 413. The van der Waals surface area contributed by atoms with E-state index in [1.54, 1.807) is 7.11 Å². The van der Waals surface area contributed by atoms with E-state index in [0.29, 0.717) is 0 Å². The van der Waals surface area contributed by atoms with Crippen molar-refractivity contribution in [2.75, 3.05) is 7.11 Å².